The summed E-state index contributed by atoms with van der Waals surface area (Å²) in [6, 6.07) is 2.54. The Hall–Kier alpha value is -1.67. The Morgan fingerprint density at radius 1 is 1.40 bits per heavy atom. The molecule has 0 aromatic carbocycles. The molecule has 2 rings (SSSR count). The molecule has 1 aromatic rings. The Balaban J connectivity index is 1.99. The first-order chi connectivity index (χ1) is 11.7. The summed E-state index contributed by atoms with van der Waals surface area (Å²) in [5.74, 6) is -0.869. The van der Waals surface area contributed by atoms with Gasteiger partial charge in [0.05, 0.1) is 17.1 Å². The van der Waals surface area contributed by atoms with Gasteiger partial charge in [0, 0.05) is 18.8 Å². The van der Waals surface area contributed by atoms with Crippen molar-refractivity contribution in [3.05, 3.63) is 29.0 Å². The third-order valence-corrected chi connectivity index (χ3v) is 5.80. The minimum absolute atomic E-state index is 0.0412. The Morgan fingerprint density at radius 3 is 2.64 bits per heavy atom. The minimum Gasteiger partial charge on any atom is -0.452 e. The number of aromatic nitrogens is 1. The van der Waals surface area contributed by atoms with Gasteiger partial charge >= 0.3 is 5.97 Å². The van der Waals surface area contributed by atoms with Crippen molar-refractivity contribution in [2.75, 3.05) is 24.7 Å². The first-order valence-electron chi connectivity index (χ1n) is 7.96. The van der Waals surface area contributed by atoms with Crippen LogP contribution in [0, 0.1) is 5.92 Å². The second-order valence-electron chi connectivity index (χ2n) is 6.44. The molecule has 7 nitrogen and oxygen atoms in total. The SMILES string of the molecule is CC(C)CN(C(=O)COC(=O)c1ccc(Cl)nc1)[C@H]1CCS(=O)(=O)C1. The van der Waals surface area contributed by atoms with Crippen molar-refractivity contribution in [1.82, 2.24) is 9.88 Å². The van der Waals surface area contributed by atoms with E-state index in [2.05, 4.69) is 4.98 Å². The van der Waals surface area contributed by atoms with Crippen LogP contribution in [0.4, 0.5) is 0 Å². The fourth-order valence-corrected chi connectivity index (χ4v) is 4.50. The molecule has 0 saturated carbocycles. The molecule has 0 unspecified atom stereocenters. The number of carbonyl (C=O) groups is 2. The van der Waals surface area contributed by atoms with Gasteiger partial charge in [-0.1, -0.05) is 25.4 Å². The van der Waals surface area contributed by atoms with Crippen LogP contribution in [0.15, 0.2) is 18.3 Å². The monoisotopic (exact) mass is 388 g/mol. The van der Waals surface area contributed by atoms with Gasteiger partial charge in [-0.25, -0.2) is 18.2 Å². The van der Waals surface area contributed by atoms with Crippen molar-refractivity contribution in [3.8, 4) is 0 Å². The van der Waals surface area contributed by atoms with Crippen LogP contribution in [-0.2, 0) is 19.4 Å². The molecule has 25 heavy (non-hydrogen) atoms. The van der Waals surface area contributed by atoms with Gasteiger partial charge in [-0.3, -0.25) is 4.79 Å². The van der Waals surface area contributed by atoms with Crippen molar-refractivity contribution in [3.63, 3.8) is 0 Å². The quantitative estimate of drug-likeness (QED) is 0.542. The number of amides is 1. The zero-order chi connectivity index (χ0) is 18.6. The van der Waals surface area contributed by atoms with Gasteiger partial charge in [0.1, 0.15) is 5.15 Å². The topological polar surface area (TPSA) is 93.6 Å². The van der Waals surface area contributed by atoms with E-state index in [1.807, 2.05) is 13.8 Å². The van der Waals surface area contributed by atoms with Crippen molar-refractivity contribution in [2.24, 2.45) is 5.92 Å². The van der Waals surface area contributed by atoms with Gasteiger partial charge in [-0.15, -0.1) is 0 Å². The van der Waals surface area contributed by atoms with Gasteiger partial charge in [0.2, 0.25) is 0 Å². The highest BCUT2D eigenvalue weighted by Gasteiger charge is 2.35. The number of sulfone groups is 1. The minimum atomic E-state index is -3.11. The molecular weight excluding hydrogens is 368 g/mol. The van der Waals surface area contributed by atoms with Crippen LogP contribution in [0.1, 0.15) is 30.6 Å². The Morgan fingerprint density at radius 2 is 2.12 bits per heavy atom. The maximum Gasteiger partial charge on any atom is 0.340 e. The number of hydrogen-bond acceptors (Lipinski definition) is 6. The number of rotatable bonds is 6. The highest BCUT2D eigenvalue weighted by molar-refractivity contribution is 7.91. The molecule has 2 heterocycles. The van der Waals surface area contributed by atoms with Crippen LogP contribution in [0.2, 0.25) is 5.15 Å². The Labute approximate surface area is 152 Å². The lowest BCUT2D eigenvalue weighted by Crippen LogP contribution is -2.45. The van der Waals surface area contributed by atoms with Crippen LogP contribution in [0.25, 0.3) is 0 Å². The van der Waals surface area contributed by atoms with Gasteiger partial charge < -0.3 is 9.64 Å². The summed E-state index contributed by atoms with van der Waals surface area (Å²) in [7, 11) is -3.11. The summed E-state index contributed by atoms with van der Waals surface area (Å²) in [4.78, 5) is 29.7. The maximum absolute atomic E-state index is 12.5. The van der Waals surface area contributed by atoms with E-state index >= 15 is 0 Å². The van der Waals surface area contributed by atoms with Gasteiger partial charge in [0.25, 0.3) is 5.91 Å². The standard InChI is InChI=1S/C16H21ClN2O5S/c1-11(2)8-19(13-5-6-25(22,23)10-13)15(20)9-24-16(21)12-3-4-14(17)18-7-12/h3-4,7,11,13H,5-6,8-10H2,1-2H3/t13-/m0/s1. The van der Waals surface area contributed by atoms with Crippen LogP contribution in [0.5, 0.6) is 0 Å². The lowest BCUT2D eigenvalue weighted by atomic mass is 10.1. The zero-order valence-corrected chi connectivity index (χ0v) is 15.7. The maximum atomic E-state index is 12.5. The molecule has 138 valence electrons. The van der Waals surface area contributed by atoms with E-state index < -0.39 is 28.3 Å². The highest BCUT2D eigenvalue weighted by Crippen LogP contribution is 2.19. The molecule has 1 aromatic heterocycles. The fourth-order valence-electron chi connectivity index (χ4n) is 2.66. The third kappa shape index (κ3) is 5.67. The summed E-state index contributed by atoms with van der Waals surface area (Å²) in [5.41, 5.74) is 0.191. The van der Waals surface area contributed by atoms with Crippen LogP contribution in [0.3, 0.4) is 0 Å². The van der Waals surface area contributed by atoms with Gasteiger partial charge in [0.15, 0.2) is 16.4 Å². The molecule has 1 atom stereocenters. The normalized spacial score (nSPS) is 19.0. The predicted molar refractivity (Wildman–Crippen MR) is 93.1 cm³/mol. The number of hydrogen-bond donors (Lipinski definition) is 0. The summed E-state index contributed by atoms with van der Waals surface area (Å²) in [6.45, 7) is 3.86. The van der Waals surface area contributed by atoms with E-state index in [1.165, 1.54) is 23.2 Å². The number of nitrogens with zero attached hydrogens (tertiary/aromatic N) is 2. The molecule has 1 aliphatic rings. The Bertz CT molecular complexity index is 733. The van der Waals surface area contributed by atoms with E-state index in [1.54, 1.807) is 0 Å². The molecule has 1 fully saturated rings. The smallest absolute Gasteiger partial charge is 0.340 e. The highest BCUT2D eigenvalue weighted by atomic mass is 35.5. The van der Waals surface area contributed by atoms with Crippen LogP contribution in [-0.4, -0.2) is 60.9 Å². The Kier molecular flexibility index (Phi) is 6.40. The second-order valence-corrected chi connectivity index (χ2v) is 9.06. The van der Waals surface area contributed by atoms with E-state index in [0.29, 0.717) is 13.0 Å². The third-order valence-electron chi connectivity index (χ3n) is 3.82. The summed E-state index contributed by atoms with van der Waals surface area (Å²) < 4.78 is 28.4. The van der Waals surface area contributed by atoms with E-state index in [4.69, 9.17) is 16.3 Å². The zero-order valence-electron chi connectivity index (χ0n) is 14.1. The molecule has 1 saturated heterocycles. The molecule has 0 bridgehead atoms. The van der Waals surface area contributed by atoms with Gasteiger partial charge in [-0.05, 0) is 24.5 Å². The number of carbonyl (C=O) groups excluding carboxylic acids is 2. The van der Waals surface area contributed by atoms with Crippen LogP contribution >= 0.6 is 11.6 Å². The molecule has 0 N–H and O–H groups in total. The summed E-state index contributed by atoms with van der Waals surface area (Å²) >= 11 is 5.66. The van der Waals surface area contributed by atoms with Crippen LogP contribution < -0.4 is 0 Å². The molecule has 1 amide bonds. The van der Waals surface area contributed by atoms with E-state index in [0.717, 1.165) is 0 Å². The molecule has 1 aliphatic heterocycles. The van der Waals surface area contributed by atoms with Crippen molar-refractivity contribution in [1.29, 1.82) is 0 Å². The molecule has 0 radical (unpaired) electrons. The summed E-state index contributed by atoms with van der Waals surface area (Å²) in [5, 5.41) is 0.248. The number of esters is 1. The second kappa shape index (κ2) is 8.14. The number of pyridine rings is 1. The van der Waals surface area contributed by atoms with Crippen molar-refractivity contribution in [2.45, 2.75) is 26.3 Å². The van der Waals surface area contributed by atoms with Gasteiger partial charge in [-0.2, -0.15) is 0 Å². The van der Waals surface area contributed by atoms with Crippen molar-refractivity contribution >= 4 is 33.3 Å². The average molecular weight is 389 g/mol. The number of halogens is 1. The summed E-state index contributed by atoms with van der Waals surface area (Å²) in [6.07, 6.45) is 1.68. The van der Waals surface area contributed by atoms with E-state index in [-0.39, 0.29) is 34.2 Å². The number of ether oxygens (including phenoxy) is 1. The van der Waals surface area contributed by atoms with E-state index in [9.17, 15) is 18.0 Å². The predicted octanol–water partition coefficient (Wildman–Crippen LogP) is 1.56. The fraction of sp³-hybridized carbons (Fsp3) is 0.562. The average Bonchev–Trinajstić information content (AvgIpc) is 2.90. The van der Waals surface area contributed by atoms with Crippen molar-refractivity contribution < 1.29 is 22.7 Å². The molecule has 9 heteroatoms. The lowest BCUT2D eigenvalue weighted by Gasteiger charge is -2.29. The lowest BCUT2D eigenvalue weighted by molar-refractivity contribution is -0.137. The molecular formula is C16H21ClN2O5S. The molecule has 0 spiro atoms. The first-order valence-corrected chi connectivity index (χ1v) is 10.2. The largest absolute Gasteiger partial charge is 0.452 e. The first kappa shape index (κ1) is 19.7. The molecule has 0 aliphatic carbocycles.